The number of rotatable bonds is 5. The molecule has 2 aromatic heterocycles. The first-order chi connectivity index (χ1) is 12.7. The predicted molar refractivity (Wildman–Crippen MR) is 101 cm³/mol. The number of thioether (sulfide) groups is 1. The number of Topliss-reactive ketones (excluding diaryl/α,β-unsaturated/α-hetero) is 1. The van der Waals surface area contributed by atoms with Gasteiger partial charge in [-0.3, -0.25) is 4.79 Å². The molecule has 0 aliphatic rings. The van der Waals surface area contributed by atoms with Gasteiger partial charge in [0.2, 0.25) is 0 Å². The van der Waals surface area contributed by atoms with Crippen molar-refractivity contribution >= 4 is 28.7 Å². The first kappa shape index (κ1) is 16.4. The maximum atomic E-state index is 12.3. The van der Waals surface area contributed by atoms with Gasteiger partial charge in [0.15, 0.2) is 16.9 Å². The molecular weight excluding hydrogens is 346 g/mol. The van der Waals surface area contributed by atoms with Crippen molar-refractivity contribution in [1.82, 2.24) is 25.0 Å². The summed E-state index contributed by atoms with van der Waals surface area (Å²) in [6, 6.07) is 17.2. The van der Waals surface area contributed by atoms with Crippen molar-refractivity contribution in [3.05, 3.63) is 72.1 Å². The zero-order chi connectivity index (χ0) is 17.9. The third kappa shape index (κ3) is 3.21. The topological polar surface area (TPSA) is 73.6 Å². The van der Waals surface area contributed by atoms with Crippen LogP contribution in [0.2, 0.25) is 0 Å². The van der Waals surface area contributed by atoms with E-state index in [1.165, 1.54) is 23.7 Å². The number of fused-ring (bicyclic) bond motifs is 1. The Kier molecular flexibility index (Phi) is 4.45. The monoisotopic (exact) mass is 361 g/mol. The van der Waals surface area contributed by atoms with Gasteiger partial charge in [-0.05, 0) is 19.1 Å². The second-order valence-electron chi connectivity index (χ2n) is 5.77. The van der Waals surface area contributed by atoms with Crippen LogP contribution in [0, 0.1) is 6.92 Å². The molecule has 0 fully saturated rings. The third-order valence-electron chi connectivity index (χ3n) is 3.92. The Morgan fingerprint density at radius 3 is 2.58 bits per heavy atom. The van der Waals surface area contributed by atoms with E-state index in [1.807, 2.05) is 61.5 Å². The van der Waals surface area contributed by atoms with E-state index in [1.54, 1.807) is 4.68 Å². The number of hydrogen-bond donors (Lipinski definition) is 0. The van der Waals surface area contributed by atoms with E-state index in [9.17, 15) is 4.79 Å². The largest absolute Gasteiger partial charge is 0.293 e. The number of carbonyl (C=O) groups is 1. The Morgan fingerprint density at radius 2 is 1.81 bits per heavy atom. The molecule has 0 unspecified atom stereocenters. The van der Waals surface area contributed by atoms with Crippen LogP contribution < -0.4 is 0 Å². The average molecular weight is 361 g/mol. The van der Waals surface area contributed by atoms with Gasteiger partial charge in [0.1, 0.15) is 11.4 Å². The first-order valence-electron chi connectivity index (χ1n) is 8.07. The Labute approximate surface area is 154 Å². The van der Waals surface area contributed by atoms with E-state index in [-0.39, 0.29) is 11.5 Å². The number of hydrogen-bond acceptors (Lipinski definition) is 6. The van der Waals surface area contributed by atoms with E-state index in [4.69, 9.17) is 0 Å². The summed E-state index contributed by atoms with van der Waals surface area (Å²) in [5.74, 6) is 0.335. The lowest BCUT2D eigenvalue weighted by Gasteiger charge is -2.03. The maximum absolute atomic E-state index is 12.3. The van der Waals surface area contributed by atoms with Crippen LogP contribution in [0.1, 0.15) is 15.9 Å². The molecule has 0 radical (unpaired) electrons. The summed E-state index contributed by atoms with van der Waals surface area (Å²) in [5.41, 5.74) is 3.96. The molecule has 4 aromatic rings. The summed E-state index contributed by atoms with van der Waals surface area (Å²) in [5, 5.41) is 9.08. The van der Waals surface area contributed by atoms with E-state index >= 15 is 0 Å². The SMILES string of the molecule is Cc1ccc(-n2nnc3c(SCC(=O)c4ccccc4)ncnc32)cc1. The van der Waals surface area contributed by atoms with Gasteiger partial charge >= 0.3 is 0 Å². The van der Waals surface area contributed by atoms with Crippen molar-refractivity contribution in [2.75, 3.05) is 5.75 Å². The Balaban J connectivity index is 1.61. The fraction of sp³-hybridized carbons (Fsp3) is 0.105. The van der Waals surface area contributed by atoms with Gasteiger partial charge in [0.25, 0.3) is 0 Å². The maximum Gasteiger partial charge on any atom is 0.187 e. The molecule has 26 heavy (non-hydrogen) atoms. The van der Waals surface area contributed by atoms with Crippen LogP contribution in [-0.2, 0) is 0 Å². The number of aryl methyl sites for hydroxylation is 1. The highest BCUT2D eigenvalue weighted by Gasteiger charge is 2.15. The Morgan fingerprint density at radius 1 is 1.04 bits per heavy atom. The molecule has 0 saturated carbocycles. The second kappa shape index (κ2) is 7.05. The lowest BCUT2D eigenvalue weighted by atomic mass is 10.2. The van der Waals surface area contributed by atoms with Gasteiger partial charge in [-0.15, -0.1) is 5.10 Å². The fourth-order valence-electron chi connectivity index (χ4n) is 2.54. The van der Waals surface area contributed by atoms with Gasteiger partial charge in [-0.1, -0.05) is 65.0 Å². The van der Waals surface area contributed by atoms with Crippen molar-refractivity contribution in [2.24, 2.45) is 0 Å². The molecule has 6 nitrogen and oxygen atoms in total. The van der Waals surface area contributed by atoms with Gasteiger partial charge in [0, 0.05) is 5.56 Å². The highest BCUT2D eigenvalue weighted by Crippen LogP contribution is 2.24. The minimum absolute atomic E-state index is 0.0493. The summed E-state index contributed by atoms with van der Waals surface area (Å²) >= 11 is 1.35. The third-order valence-corrected chi connectivity index (χ3v) is 4.90. The van der Waals surface area contributed by atoms with Crippen LogP contribution in [0.5, 0.6) is 0 Å². The average Bonchev–Trinajstić information content (AvgIpc) is 3.12. The van der Waals surface area contributed by atoms with E-state index in [0.717, 1.165) is 5.69 Å². The zero-order valence-electron chi connectivity index (χ0n) is 14.0. The molecule has 0 aliphatic heterocycles. The van der Waals surface area contributed by atoms with E-state index in [0.29, 0.717) is 21.8 Å². The van der Waals surface area contributed by atoms with Crippen LogP contribution >= 0.6 is 11.8 Å². The summed E-state index contributed by atoms with van der Waals surface area (Å²) in [6.07, 6.45) is 1.48. The van der Waals surface area contributed by atoms with Crippen molar-refractivity contribution in [3.63, 3.8) is 0 Å². The standard InChI is InChI=1S/C19H15N5OS/c1-13-7-9-15(10-8-13)24-18-17(22-23-24)19(21-12-20-18)26-11-16(25)14-5-3-2-4-6-14/h2-10,12H,11H2,1H3. The lowest BCUT2D eigenvalue weighted by Crippen LogP contribution is -2.02. The quantitative estimate of drug-likeness (QED) is 0.308. The molecule has 0 N–H and O–H groups in total. The minimum atomic E-state index is 0.0493. The highest BCUT2D eigenvalue weighted by molar-refractivity contribution is 8.00. The molecule has 128 valence electrons. The lowest BCUT2D eigenvalue weighted by molar-refractivity contribution is 0.102. The molecule has 0 saturated heterocycles. The number of nitrogens with zero attached hydrogens (tertiary/aromatic N) is 5. The van der Waals surface area contributed by atoms with Crippen molar-refractivity contribution in [3.8, 4) is 5.69 Å². The van der Waals surface area contributed by atoms with Crippen LogP contribution in [0.15, 0.2) is 66.0 Å². The summed E-state index contributed by atoms with van der Waals surface area (Å²) < 4.78 is 1.68. The number of ketones is 1. The van der Waals surface area contributed by atoms with Crippen LogP contribution in [0.3, 0.4) is 0 Å². The van der Waals surface area contributed by atoms with Gasteiger partial charge in [-0.25, -0.2) is 9.97 Å². The zero-order valence-corrected chi connectivity index (χ0v) is 14.8. The summed E-state index contributed by atoms with van der Waals surface area (Å²) in [6.45, 7) is 2.03. The van der Waals surface area contributed by atoms with Gasteiger partial charge < -0.3 is 0 Å². The Hall–Kier alpha value is -3.06. The first-order valence-corrected chi connectivity index (χ1v) is 9.05. The molecule has 0 amide bonds. The minimum Gasteiger partial charge on any atom is -0.293 e. The van der Waals surface area contributed by atoms with Crippen molar-refractivity contribution in [2.45, 2.75) is 11.9 Å². The molecule has 4 rings (SSSR count). The predicted octanol–water partition coefficient (Wildman–Crippen LogP) is 3.49. The molecular formula is C19H15N5OS. The van der Waals surface area contributed by atoms with Crippen molar-refractivity contribution in [1.29, 1.82) is 0 Å². The normalized spacial score (nSPS) is 11.0. The number of aromatic nitrogens is 5. The molecule has 0 atom stereocenters. The van der Waals surface area contributed by atoms with Crippen LogP contribution in [-0.4, -0.2) is 36.5 Å². The van der Waals surface area contributed by atoms with Crippen molar-refractivity contribution < 1.29 is 4.79 Å². The second-order valence-corrected chi connectivity index (χ2v) is 6.73. The number of benzene rings is 2. The molecule has 0 spiro atoms. The van der Waals surface area contributed by atoms with Gasteiger partial charge in [-0.2, -0.15) is 4.68 Å². The van der Waals surface area contributed by atoms with Crippen LogP contribution in [0.25, 0.3) is 16.9 Å². The van der Waals surface area contributed by atoms with Crippen LogP contribution in [0.4, 0.5) is 0 Å². The summed E-state index contributed by atoms with van der Waals surface area (Å²) in [7, 11) is 0. The molecule has 7 heteroatoms. The van der Waals surface area contributed by atoms with E-state index in [2.05, 4.69) is 20.3 Å². The van der Waals surface area contributed by atoms with Gasteiger partial charge in [0.05, 0.1) is 11.4 Å². The fourth-order valence-corrected chi connectivity index (χ4v) is 3.36. The molecule has 0 bridgehead atoms. The molecule has 2 heterocycles. The molecule has 0 aliphatic carbocycles. The number of carbonyl (C=O) groups excluding carboxylic acids is 1. The summed E-state index contributed by atoms with van der Waals surface area (Å²) in [4.78, 5) is 20.9. The Bertz CT molecular complexity index is 1060. The molecule has 2 aromatic carbocycles. The highest BCUT2D eigenvalue weighted by atomic mass is 32.2. The smallest absolute Gasteiger partial charge is 0.187 e. The van der Waals surface area contributed by atoms with E-state index < -0.39 is 0 Å².